The highest BCUT2D eigenvalue weighted by atomic mass is 32.2. The number of aliphatic carboxylic acids is 1. The Morgan fingerprint density at radius 2 is 1.87 bits per heavy atom. The highest BCUT2D eigenvalue weighted by Gasteiger charge is 2.38. The molecule has 0 radical (unpaired) electrons. The summed E-state index contributed by atoms with van der Waals surface area (Å²) < 4.78 is 27.0. The molecular formula is C16H30N2O4S. The molecule has 2 aliphatic rings. The zero-order valence-corrected chi connectivity index (χ0v) is 15.2. The SMILES string of the molecule is CC(C)(C)CCS(=O)(=O)NC1CC(N(CC(=O)O)CC2CC2)C1. The zero-order valence-electron chi connectivity index (χ0n) is 14.4. The molecule has 0 aliphatic heterocycles. The fourth-order valence-electron chi connectivity index (χ4n) is 2.88. The Hall–Kier alpha value is -0.660. The summed E-state index contributed by atoms with van der Waals surface area (Å²) in [5.41, 5.74) is -0.000546. The zero-order chi connectivity index (χ0) is 17.3. The highest BCUT2D eigenvalue weighted by molar-refractivity contribution is 7.89. The Morgan fingerprint density at radius 3 is 2.35 bits per heavy atom. The molecule has 2 aliphatic carbocycles. The van der Waals surface area contributed by atoms with Crippen LogP contribution in [0, 0.1) is 11.3 Å². The lowest BCUT2D eigenvalue weighted by Crippen LogP contribution is -2.55. The minimum absolute atomic E-state index is 0.000546. The van der Waals surface area contributed by atoms with E-state index in [4.69, 9.17) is 5.11 Å². The van der Waals surface area contributed by atoms with Crippen LogP contribution < -0.4 is 4.72 Å². The first-order valence-corrected chi connectivity index (χ1v) is 10.2. The van der Waals surface area contributed by atoms with Crippen LogP contribution in [0.15, 0.2) is 0 Å². The third kappa shape index (κ3) is 6.77. The third-order valence-electron chi connectivity index (χ3n) is 4.62. The van der Waals surface area contributed by atoms with Crippen molar-refractivity contribution < 1.29 is 18.3 Å². The molecule has 0 saturated heterocycles. The number of hydrogen-bond acceptors (Lipinski definition) is 4. The van der Waals surface area contributed by atoms with Gasteiger partial charge in [0.05, 0.1) is 12.3 Å². The summed E-state index contributed by atoms with van der Waals surface area (Å²) in [7, 11) is -3.24. The molecule has 0 aromatic carbocycles. The van der Waals surface area contributed by atoms with Gasteiger partial charge in [-0.15, -0.1) is 0 Å². The predicted molar refractivity (Wildman–Crippen MR) is 89.7 cm³/mol. The average Bonchev–Trinajstić information content (AvgIpc) is 3.13. The standard InChI is InChI=1S/C16H30N2O4S/c1-16(2,3)6-7-23(21,22)17-13-8-14(9-13)18(11-15(19)20)10-12-4-5-12/h12-14,17H,4-11H2,1-3H3,(H,19,20). The monoisotopic (exact) mass is 346 g/mol. The van der Waals surface area contributed by atoms with Crippen LogP contribution in [0.4, 0.5) is 0 Å². The van der Waals surface area contributed by atoms with E-state index in [0.29, 0.717) is 12.3 Å². The maximum absolute atomic E-state index is 12.1. The summed E-state index contributed by atoms with van der Waals surface area (Å²) in [4.78, 5) is 13.0. The lowest BCUT2D eigenvalue weighted by molar-refractivity contribution is -0.139. The van der Waals surface area contributed by atoms with Crippen LogP contribution >= 0.6 is 0 Å². The molecular weight excluding hydrogens is 316 g/mol. The van der Waals surface area contributed by atoms with Gasteiger partial charge in [-0.05, 0) is 43.4 Å². The van der Waals surface area contributed by atoms with Crippen molar-refractivity contribution in [3.8, 4) is 0 Å². The molecule has 0 atom stereocenters. The van der Waals surface area contributed by atoms with Gasteiger partial charge < -0.3 is 5.11 Å². The predicted octanol–water partition coefficient (Wildman–Crippen LogP) is 1.67. The Balaban J connectivity index is 1.76. The summed E-state index contributed by atoms with van der Waals surface area (Å²) in [6.07, 6.45) is 4.44. The molecule has 0 spiro atoms. The minimum Gasteiger partial charge on any atom is -0.480 e. The lowest BCUT2D eigenvalue weighted by Gasteiger charge is -2.42. The fourth-order valence-corrected chi connectivity index (χ4v) is 4.58. The second-order valence-corrected chi connectivity index (χ2v) is 10.2. The molecule has 2 fully saturated rings. The third-order valence-corrected chi connectivity index (χ3v) is 6.06. The Labute approximate surface area is 139 Å². The summed E-state index contributed by atoms with van der Waals surface area (Å²) in [6, 6.07) is 0.155. The summed E-state index contributed by atoms with van der Waals surface area (Å²) >= 11 is 0. The number of sulfonamides is 1. The van der Waals surface area contributed by atoms with Gasteiger partial charge in [0, 0.05) is 18.6 Å². The van der Waals surface area contributed by atoms with Gasteiger partial charge in [-0.25, -0.2) is 13.1 Å². The minimum atomic E-state index is -3.24. The molecule has 0 bridgehead atoms. The van der Waals surface area contributed by atoms with Crippen LogP contribution in [0.5, 0.6) is 0 Å². The largest absolute Gasteiger partial charge is 0.480 e. The van der Waals surface area contributed by atoms with E-state index >= 15 is 0 Å². The maximum Gasteiger partial charge on any atom is 0.317 e. The summed E-state index contributed by atoms with van der Waals surface area (Å²) in [5, 5.41) is 9.03. The van der Waals surface area contributed by atoms with Crippen molar-refractivity contribution in [1.29, 1.82) is 0 Å². The normalized spacial score (nSPS) is 25.4. The first kappa shape index (κ1) is 18.7. The van der Waals surface area contributed by atoms with E-state index < -0.39 is 16.0 Å². The van der Waals surface area contributed by atoms with Crippen LogP contribution in [0.1, 0.15) is 52.9 Å². The van der Waals surface area contributed by atoms with Crippen molar-refractivity contribution >= 4 is 16.0 Å². The van der Waals surface area contributed by atoms with E-state index in [1.54, 1.807) is 0 Å². The van der Waals surface area contributed by atoms with Gasteiger partial charge in [0.1, 0.15) is 0 Å². The van der Waals surface area contributed by atoms with Gasteiger partial charge in [-0.2, -0.15) is 0 Å². The molecule has 7 heteroatoms. The van der Waals surface area contributed by atoms with Gasteiger partial charge in [-0.3, -0.25) is 9.69 Å². The number of hydrogen-bond donors (Lipinski definition) is 2. The van der Waals surface area contributed by atoms with E-state index in [1.807, 2.05) is 25.7 Å². The quantitative estimate of drug-likeness (QED) is 0.663. The molecule has 2 saturated carbocycles. The Kier molecular flexibility index (Phi) is 5.74. The molecule has 134 valence electrons. The van der Waals surface area contributed by atoms with Gasteiger partial charge >= 0.3 is 5.97 Å². The Bertz CT molecular complexity index is 517. The van der Waals surface area contributed by atoms with Crippen molar-refractivity contribution in [3.63, 3.8) is 0 Å². The van der Waals surface area contributed by atoms with Crippen molar-refractivity contribution in [2.24, 2.45) is 11.3 Å². The molecule has 2 N–H and O–H groups in total. The van der Waals surface area contributed by atoms with E-state index in [2.05, 4.69) is 4.72 Å². The van der Waals surface area contributed by atoms with E-state index in [0.717, 1.165) is 19.4 Å². The van der Waals surface area contributed by atoms with Crippen LogP contribution in [-0.4, -0.2) is 55.3 Å². The van der Waals surface area contributed by atoms with Gasteiger partial charge in [0.15, 0.2) is 0 Å². The molecule has 0 aromatic rings. The second kappa shape index (κ2) is 7.07. The first-order chi connectivity index (χ1) is 10.5. The lowest BCUT2D eigenvalue weighted by atomic mass is 9.86. The average molecular weight is 346 g/mol. The van der Waals surface area contributed by atoms with Crippen LogP contribution in [0.3, 0.4) is 0 Å². The second-order valence-electron chi connectivity index (χ2n) is 8.34. The van der Waals surface area contributed by atoms with E-state index in [-0.39, 0.29) is 29.8 Å². The number of carboxylic acid groups (broad SMARTS) is 1. The highest BCUT2D eigenvalue weighted by Crippen LogP contribution is 2.34. The van der Waals surface area contributed by atoms with Crippen molar-refractivity contribution in [1.82, 2.24) is 9.62 Å². The molecule has 0 aromatic heterocycles. The number of nitrogens with zero attached hydrogens (tertiary/aromatic N) is 1. The number of rotatable bonds is 9. The molecule has 23 heavy (non-hydrogen) atoms. The molecule has 0 amide bonds. The summed E-state index contributed by atoms with van der Waals surface area (Å²) in [6.45, 7) is 6.99. The van der Waals surface area contributed by atoms with Crippen LogP contribution in [0.2, 0.25) is 0 Å². The van der Waals surface area contributed by atoms with Gasteiger partial charge in [0.25, 0.3) is 0 Å². The van der Waals surface area contributed by atoms with Gasteiger partial charge in [0.2, 0.25) is 10.0 Å². The van der Waals surface area contributed by atoms with Gasteiger partial charge in [-0.1, -0.05) is 20.8 Å². The number of carboxylic acids is 1. The Morgan fingerprint density at radius 1 is 1.26 bits per heavy atom. The summed E-state index contributed by atoms with van der Waals surface area (Å²) in [5.74, 6) is -0.0183. The molecule has 0 heterocycles. The number of nitrogens with one attached hydrogen (secondary N) is 1. The first-order valence-electron chi connectivity index (χ1n) is 8.50. The van der Waals surface area contributed by atoms with Crippen molar-refractivity contribution in [2.75, 3.05) is 18.8 Å². The fraction of sp³-hybridized carbons (Fsp3) is 0.938. The number of carbonyl (C=O) groups is 1. The smallest absolute Gasteiger partial charge is 0.317 e. The van der Waals surface area contributed by atoms with Crippen LogP contribution in [-0.2, 0) is 14.8 Å². The topological polar surface area (TPSA) is 86.7 Å². The van der Waals surface area contributed by atoms with Crippen molar-refractivity contribution in [3.05, 3.63) is 0 Å². The van der Waals surface area contributed by atoms with Crippen molar-refractivity contribution in [2.45, 2.75) is 65.0 Å². The van der Waals surface area contributed by atoms with Crippen LogP contribution in [0.25, 0.3) is 0 Å². The van der Waals surface area contributed by atoms with E-state index in [1.165, 1.54) is 12.8 Å². The van der Waals surface area contributed by atoms with E-state index in [9.17, 15) is 13.2 Å². The molecule has 0 unspecified atom stereocenters. The maximum atomic E-state index is 12.1. The molecule has 2 rings (SSSR count). The molecule has 6 nitrogen and oxygen atoms in total.